The molecule has 0 saturated heterocycles. The number of aromatic carboxylic acids is 1. The average molecular weight is 380 g/mol. The minimum atomic E-state index is -0.990. The number of nitrogens with zero attached hydrogens (tertiary/aromatic N) is 1. The highest BCUT2D eigenvalue weighted by Crippen LogP contribution is 2.17. The second kappa shape index (κ2) is 13.6. The van der Waals surface area contributed by atoms with Crippen molar-refractivity contribution in [1.82, 2.24) is 15.6 Å². The maximum atomic E-state index is 10.1. The number of carboxylic acid groups (broad SMARTS) is 1. The maximum absolute atomic E-state index is 10.1. The molecule has 0 spiro atoms. The number of pyridine rings is 1. The first-order valence-corrected chi connectivity index (χ1v) is 9.99. The van der Waals surface area contributed by atoms with Gasteiger partial charge in [-0.3, -0.25) is 0 Å². The zero-order valence-electron chi connectivity index (χ0n) is 16.7. The summed E-state index contributed by atoms with van der Waals surface area (Å²) in [6.07, 6.45) is 11.7. The molecule has 0 radical (unpaired) electrons. The molecule has 2 saturated carbocycles. The van der Waals surface area contributed by atoms with Crippen LogP contribution < -0.4 is 22.1 Å². The van der Waals surface area contributed by atoms with Gasteiger partial charge in [-0.2, -0.15) is 0 Å². The monoisotopic (exact) mass is 379 g/mol. The molecule has 2 aliphatic carbocycles. The minimum absolute atomic E-state index is 0.0810. The number of rotatable bonds is 3. The molecule has 0 aliphatic heterocycles. The van der Waals surface area contributed by atoms with Crippen LogP contribution in [0.4, 0.5) is 0 Å². The van der Waals surface area contributed by atoms with Crippen LogP contribution in [0.15, 0.2) is 24.4 Å². The van der Waals surface area contributed by atoms with E-state index in [9.17, 15) is 4.79 Å². The van der Waals surface area contributed by atoms with Gasteiger partial charge in [0.05, 0.1) is 0 Å². The smallest absolute Gasteiger partial charge is 0.354 e. The Morgan fingerprint density at radius 1 is 0.963 bits per heavy atom. The van der Waals surface area contributed by atoms with Crippen molar-refractivity contribution in [3.8, 4) is 0 Å². The number of hydrogen-bond acceptors (Lipinski definition) is 6. The summed E-state index contributed by atoms with van der Waals surface area (Å²) in [6.45, 7) is 0. The van der Waals surface area contributed by atoms with E-state index in [-0.39, 0.29) is 17.8 Å². The molecule has 3 rings (SSSR count). The summed E-state index contributed by atoms with van der Waals surface area (Å²) in [5, 5.41) is 15.0. The highest BCUT2D eigenvalue weighted by molar-refractivity contribution is 5.85. The lowest BCUT2D eigenvalue weighted by molar-refractivity contribution is 0.0690. The van der Waals surface area contributed by atoms with Gasteiger partial charge in [-0.15, -0.1) is 0 Å². The van der Waals surface area contributed by atoms with E-state index < -0.39 is 5.97 Å². The number of aromatic nitrogens is 1. The molecule has 0 aromatic carbocycles. The Morgan fingerprint density at radius 3 is 1.74 bits per heavy atom. The fourth-order valence-electron chi connectivity index (χ4n) is 3.50. The highest BCUT2D eigenvalue weighted by Gasteiger charge is 2.21. The van der Waals surface area contributed by atoms with E-state index in [2.05, 4.69) is 29.7 Å². The van der Waals surface area contributed by atoms with E-state index in [1.807, 2.05) is 0 Å². The molecule has 7 N–H and O–H groups in total. The van der Waals surface area contributed by atoms with Gasteiger partial charge in [0.25, 0.3) is 0 Å². The van der Waals surface area contributed by atoms with Crippen molar-refractivity contribution in [3.63, 3.8) is 0 Å². The molecular weight excluding hydrogens is 342 g/mol. The van der Waals surface area contributed by atoms with Crippen molar-refractivity contribution >= 4 is 5.97 Å². The van der Waals surface area contributed by atoms with Gasteiger partial charge >= 0.3 is 5.97 Å². The number of hydrogen-bond donors (Lipinski definition) is 5. The Labute approximate surface area is 163 Å². The van der Waals surface area contributed by atoms with E-state index in [1.165, 1.54) is 50.8 Å². The molecule has 154 valence electrons. The Kier molecular flexibility index (Phi) is 11.8. The molecular formula is C20H37N5O2. The third kappa shape index (κ3) is 9.28. The zero-order chi connectivity index (χ0) is 20.1. The lowest BCUT2D eigenvalue weighted by atomic mass is 9.91. The number of nitrogens with two attached hydrogens (primary N) is 2. The summed E-state index contributed by atoms with van der Waals surface area (Å²) >= 11 is 0. The SMILES string of the molecule is CNC1CCCCC1NC.N[C@@H]1CCCC[C@H]1N.O=C(O)c1ccccn1. The molecule has 0 bridgehead atoms. The summed E-state index contributed by atoms with van der Waals surface area (Å²) in [5.74, 6) is -0.990. The molecule has 1 aromatic heterocycles. The summed E-state index contributed by atoms with van der Waals surface area (Å²) in [4.78, 5) is 13.7. The summed E-state index contributed by atoms with van der Waals surface area (Å²) in [6, 6.07) is 6.73. The first kappa shape index (κ1) is 23.5. The van der Waals surface area contributed by atoms with Crippen LogP contribution in [0.25, 0.3) is 0 Å². The molecule has 0 amide bonds. The van der Waals surface area contributed by atoms with Crippen LogP contribution >= 0.6 is 0 Å². The second-order valence-corrected chi connectivity index (χ2v) is 7.21. The predicted molar refractivity (Wildman–Crippen MR) is 110 cm³/mol. The van der Waals surface area contributed by atoms with Crippen LogP contribution in [0.1, 0.15) is 61.9 Å². The van der Waals surface area contributed by atoms with Crippen molar-refractivity contribution < 1.29 is 9.90 Å². The van der Waals surface area contributed by atoms with Crippen molar-refractivity contribution in [1.29, 1.82) is 0 Å². The van der Waals surface area contributed by atoms with Crippen molar-refractivity contribution in [2.75, 3.05) is 14.1 Å². The Morgan fingerprint density at radius 2 is 1.44 bits per heavy atom. The van der Waals surface area contributed by atoms with E-state index in [0.29, 0.717) is 12.1 Å². The molecule has 2 unspecified atom stereocenters. The average Bonchev–Trinajstić information content (AvgIpc) is 2.71. The van der Waals surface area contributed by atoms with Gasteiger partial charge in [-0.1, -0.05) is 31.7 Å². The first-order chi connectivity index (χ1) is 13.0. The quantitative estimate of drug-likeness (QED) is 0.541. The molecule has 1 aromatic rings. The fourth-order valence-corrected chi connectivity index (χ4v) is 3.50. The van der Waals surface area contributed by atoms with Gasteiger partial charge in [0.1, 0.15) is 5.69 Å². The fraction of sp³-hybridized carbons (Fsp3) is 0.700. The molecule has 7 nitrogen and oxygen atoms in total. The molecule has 2 fully saturated rings. The van der Waals surface area contributed by atoms with Gasteiger partial charge in [0, 0.05) is 30.4 Å². The Hall–Kier alpha value is -1.54. The molecule has 2 aliphatic rings. The molecule has 27 heavy (non-hydrogen) atoms. The number of carbonyl (C=O) groups is 1. The second-order valence-electron chi connectivity index (χ2n) is 7.21. The van der Waals surface area contributed by atoms with Gasteiger partial charge in [-0.25, -0.2) is 9.78 Å². The van der Waals surface area contributed by atoms with Crippen LogP contribution in [0.5, 0.6) is 0 Å². The van der Waals surface area contributed by atoms with Gasteiger partial charge < -0.3 is 27.2 Å². The molecule has 7 heteroatoms. The van der Waals surface area contributed by atoms with Crippen LogP contribution in [0.3, 0.4) is 0 Å². The van der Waals surface area contributed by atoms with Crippen LogP contribution in [-0.2, 0) is 0 Å². The van der Waals surface area contributed by atoms with E-state index in [4.69, 9.17) is 16.6 Å². The van der Waals surface area contributed by atoms with E-state index >= 15 is 0 Å². The van der Waals surface area contributed by atoms with E-state index in [0.717, 1.165) is 12.8 Å². The minimum Gasteiger partial charge on any atom is -0.477 e. The summed E-state index contributed by atoms with van der Waals surface area (Å²) in [5.41, 5.74) is 11.4. The Bertz CT molecular complexity index is 492. The van der Waals surface area contributed by atoms with Gasteiger partial charge in [-0.05, 0) is 51.9 Å². The number of nitrogens with one attached hydrogen (secondary N) is 2. The summed E-state index contributed by atoms with van der Waals surface area (Å²) < 4.78 is 0. The molecule has 1 heterocycles. The van der Waals surface area contributed by atoms with Gasteiger partial charge in [0.2, 0.25) is 0 Å². The van der Waals surface area contributed by atoms with E-state index in [1.54, 1.807) is 12.1 Å². The normalized spacial score (nSPS) is 27.4. The number of carboxylic acids is 1. The lowest BCUT2D eigenvalue weighted by Gasteiger charge is -2.30. The maximum Gasteiger partial charge on any atom is 0.354 e. The van der Waals surface area contributed by atoms with Gasteiger partial charge in [0.15, 0.2) is 0 Å². The Balaban J connectivity index is 0.000000204. The third-order valence-corrected chi connectivity index (χ3v) is 5.27. The zero-order valence-corrected chi connectivity index (χ0v) is 16.7. The first-order valence-electron chi connectivity index (χ1n) is 9.99. The lowest BCUT2D eigenvalue weighted by Crippen LogP contribution is -2.47. The predicted octanol–water partition coefficient (Wildman–Crippen LogP) is 1.73. The van der Waals surface area contributed by atoms with Crippen LogP contribution in [0, 0.1) is 0 Å². The standard InChI is InChI=1S/C8H18N2.C6H14N2.C6H5NO2/c1-9-7-5-3-4-6-8(7)10-2;7-5-3-1-2-4-6(5)8;8-6(9)5-3-1-2-4-7-5/h7-10H,3-6H2,1-2H3;5-6H,1-4,7-8H2;1-4H,(H,8,9)/t;5-,6-;/m.1./s1. The highest BCUT2D eigenvalue weighted by atomic mass is 16.4. The van der Waals surface area contributed by atoms with Crippen LogP contribution in [0.2, 0.25) is 0 Å². The van der Waals surface area contributed by atoms with Crippen molar-refractivity contribution in [2.24, 2.45) is 11.5 Å². The molecule has 4 atom stereocenters. The topological polar surface area (TPSA) is 126 Å². The number of likely N-dealkylation sites (N-methyl/N-ethyl adjacent to an activating group) is 2. The van der Waals surface area contributed by atoms with Crippen molar-refractivity contribution in [3.05, 3.63) is 30.1 Å². The van der Waals surface area contributed by atoms with Crippen molar-refractivity contribution in [2.45, 2.75) is 75.5 Å². The van der Waals surface area contributed by atoms with Crippen LogP contribution in [-0.4, -0.2) is 54.3 Å². The third-order valence-electron chi connectivity index (χ3n) is 5.27. The largest absolute Gasteiger partial charge is 0.477 e. The summed E-state index contributed by atoms with van der Waals surface area (Å²) in [7, 11) is 4.11.